The molecule has 0 aromatic carbocycles. The number of morpholine rings is 1. The lowest BCUT2D eigenvalue weighted by atomic mass is 10.2. The van der Waals surface area contributed by atoms with Crippen molar-refractivity contribution < 1.29 is 4.74 Å². The van der Waals surface area contributed by atoms with Crippen LogP contribution in [0.2, 0.25) is 5.28 Å². The number of hydrogen-bond acceptors (Lipinski definition) is 12. The second-order valence-corrected chi connectivity index (χ2v) is 6.24. The summed E-state index contributed by atoms with van der Waals surface area (Å²) >= 11 is 5.91. The predicted octanol–water partition coefficient (Wildman–Crippen LogP) is 0.448. The van der Waals surface area contributed by atoms with Crippen LogP contribution in [-0.2, 0) is 4.74 Å². The maximum absolute atomic E-state index is 5.91. The third-order valence-electron chi connectivity index (χ3n) is 3.32. The van der Waals surface area contributed by atoms with Gasteiger partial charge < -0.3 is 15.0 Å². The molecule has 2 aromatic heterocycles. The molecule has 1 saturated heterocycles. The first-order valence-corrected chi connectivity index (χ1v) is 8.55. The van der Waals surface area contributed by atoms with Crippen molar-refractivity contribution in [2.45, 2.75) is 13.8 Å². The fourth-order valence-electron chi connectivity index (χ4n) is 2.06. The zero-order valence-electron chi connectivity index (χ0n) is 14.5. The molecule has 12 nitrogen and oxygen atoms in total. The van der Waals surface area contributed by atoms with Gasteiger partial charge in [0.1, 0.15) is 0 Å². The molecule has 3 N–H and O–H groups in total. The SMILES string of the molecule is CC(C)CNc1nc(Cl)nc(NNc2nnc(N3CCOCC3)nn2)n1. The molecule has 26 heavy (non-hydrogen) atoms. The van der Waals surface area contributed by atoms with Crippen LogP contribution >= 0.6 is 11.6 Å². The maximum atomic E-state index is 5.91. The van der Waals surface area contributed by atoms with Gasteiger partial charge >= 0.3 is 0 Å². The fourth-order valence-corrected chi connectivity index (χ4v) is 2.22. The highest BCUT2D eigenvalue weighted by Gasteiger charge is 2.15. The summed E-state index contributed by atoms with van der Waals surface area (Å²) < 4.78 is 5.29. The number of rotatable bonds is 7. The Morgan fingerprint density at radius 2 is 1.62 bits per heavy atom. The van der Waals surface area contributed by atoms with Crippen LogP contribution in [0.5, 0.6) is 0 Å². The minimum Gasteiger partial charge on any atom is -0.378 e. The van der Waals surface area contributed by atoms with Crippen molar-refractivity contribution in [2.24, 2.45) is 5.92 Å². The van der Waals surface area contributed by atoms with Gasteiger partial charge in [-0.25, -0.2) is 0 Å². The molecule has 1 aliphatic rings. The molecule has 3 heterocycles. The molecule has 0 radical (unpaired) electrons. The second kappa shape index (κ2) is 8.67. The smallest absolute Gasteiger partial charge is 0.280 e. The fraction of sp³-hybridized carbons (Fsp3) is 0.615. The largest absolute Gasteiger partial charge is 0.378 e. The van der Waals surface area contributed by atoms with Crippen molar-refractivity contribution in [1.82, 2.24) is 35.3 Å². The third kappa shape index (κ3) is 5.20. The van der Waals surface area contributed by atoms with Crippen molar-refractivity contribution in [3.8, 4) is 0 Å². The molecule has 0 spiro atoms. The Bertz CT molecular complexity index is 708. The minimum absolute atomic E-state index is 0.0652. The molecule has 0 amide bonds. The summed E-state index contributed by atoms with van der Waals surface area (Å²) in [7, 11) is 0. The lowest BCUT2D eigenvalue weighted by Crippen LogP contribution is -2.37. The summed E-state index contributed by atoms with van der Waals surface area (Å²) in [5, 5.41) is 19.2. The van der Waals surface area contributed by atoms with Crippen LogP contribution in [-0.4, -0.2) is 68.2 Å². The number of nitrogens with one attached hydrogen (secondary N) is 3. The Morgan fingerprint density at radius 3 is 2.31 bits per heavy atom. The van der Waals surface area contributed by atoms with E-state index in [1.165, 1.54) is 0 Å². The monoisotopic (exact) mass is 381 g/mol. The van der Waals surface area contributed by atoms with E-state index in [4.69, 9.17) is 16.3 Å². The Labute approximate surface area is 155 Å². The number of aromatic nitrogens is 7. The zero-order chi connectivity index (χ0) is 18.4. The van der Waals surface area contributed by atoms with Crippen LogP contribution in [0.25, 0.3) is 0 Å². The Hall–Kier alpha value is -2.60. The summed E-state index contributed by atoms with van der Waals surface area (Å²) in [5.41, 5.74) is 5.48. The van der Waals surface area contributed by atoms with E-state index in [0.717, 1.165) is 0 Å². The number of hydrazine groups is 1. The van der Waals surface area contributed by atoms with Gasteiger partial charge in [0.15, 0.2) is 0 Å². The van der Waals surface area contributed by atoms with Crippen molar-refractivity contribution in [3.05, 3.63) is 5.28 Å². The predicted molar refractivity (Wildman–Crippen MR) is 96.1 cm³/mol. The number of anilines is 4. The minimum atomic E-state index is 0.0652. The van der Waals surface area contributed by atoms with E-state index in [0.29, 0.717) is 50.7 Å². The van der Waals surface area contributed by atoms with E-state index in [1.54, 1.807) is 0 Å². The topological polar surface area (TPSA) is 139 Å². The lowest BCUT2D eigenvalue weighted by molar-refractivity contribution is 0.122. The Morgan fingerprint density at radius 1 is 0.962 bits per heavy atom. The zero-order valence-corrected chi connectivity index (χ0v) is 15.2. The summed E-state index contributed by atoms with van der Waals surface area (Å²) in [5.74, 6) is 1.67. The molecule has 1 aliphatic heterocycles. The summed E-state index contributed by atoms with van der Waals surface area (Å²) in [6.07, 6.45) is 0. The highest BCUT2D eigenvalue weighted by molar-refractivity contribution is 6.28. The first kappa shape index (κ1) is 18.2. The van der Waals surface area contributed by atoms with Crippen LogP contribution < -0.4 is 21.1 Å². The van der Waals surface area contributed by atoms with Gasteiger partial charge in [-0.2, -0.15) is 15.0 Å². The van der Waals surface area contributed by atoms with E-state index < -0.39 is 0 Å². The van der Waals surface area contributed by atoms with E-state index in [-0.39, 0.29) is 17.2 Å². The first-order valence-electron chi connectivity index (χ1n) is 8.17. The highest BCUT2D eigenvalue weighted by Crippen LogP contribution is 2.11. The van der Waals surface area contributed by atoms with Crippen LogP contribution in [0.3, 0.4) is 0 Å². The summed E-state index contributed by atoms with van der Waals surface area (Å²) in [4.78, 5) is 14.2. The van der Waals surface area contributed by atoms with Gasteiger partial charge in [-0.3, -0.25) is 10.9 Å². The molecule has 13 heteroatoms. The molecule has 0 bridgehead atoms. The Kier molecular flexibility index (Phi) is 6.07. The average Bonchev–Trinajstić information content (AvgIpc) is 2.65. The molecule has 140 valence electrons. The van der Waals surface area contributed by atoms with Crippen LogP contribution in [0.4, 0.5) is 23.8 Å². The van der Waals surface area contributed by atoms with Crippen LogP contribution in [0.15, 0.2) is 0 Å². The maximum Gasteiger partial charge on any atom is 0.280 e. The molecule has 2 aromatic rings. The number of hydrogen-bond donors (Lipinski definition) is 3. The standard InChI is InChI=1S/C13H20ClN11O/c1-8(2)7-15-10-16-9(14)17-11(18-10)19-20-12-21-23-13(24-22-12)25-3-5-26-6-4-25/h8H,3-7H2,1-2H3,(H,20,21,22)(H2,15,16,17,18,19). The van der Waals surface area contributed by atoms with Crippen molar-refractivity contribution in [1.29, 1.82) is 0 Å². The van der Waals surface area contributed by atoms with E-state index in [1.807, 2.05) is 4.90 Å². The number of ether oxygens (including phenoxy) is 1. The van der Waals surface area contributed by atoms with Crippen LogP contribution in [0, 0.1) is 5.92 Å². The van der Waals surface area contributed by atoms with Crippen molar-refractivity contribution >= 4 is 35.4 Å². The third-order valence-corrected chi connectivity index (χ3v) is 3.49. The molecule has 3 rings (SSSR count). The van der Waals surface area contributed by atoms with Crippen molar-refractivity contribution in [2.75, 3.05) is 53.9 Å². The van der Waals surface area contributed by atoms with E-state index in [2.05, 4.69) is 65.4 Å². The Balaban J connectivity index is 1.58. The molecular formula is C13H20ClN11O. The average molecular weight is 382 g/mol. The van der Waals surface area contributed by atoms with Gasteiger partial charge in [0.2, 0.25) is 17.2 Å². The van der Waals surface area contributed by atoms with Crippen molar-refractivity contribution in [3.63, 3.8) is 0 Å². The summed E-state index contributed by atoms with van der Waals surface area (Å²) in [6.45, 7) is 7.57. The number of nitrogens with zero attached hydrogens (tertiary/aromatic N) is 8. The van der Waals surface area contributed by atoms with Gasteiger partial charge in [0, 0.05) is 19.6 Å². The molecular weight excluding hydrogens is 362 g/mol. The van der Waals surface area contributed by atoms with Crippen LogP contribution in [0.1, 0.15) is 13.8 Å². The molecule has 0 unspecified atom stereocenters. The quantitative estimate of drug-likeness (QED) is 0.573. The van der Waals surface area contributed by atoms with E-state index in [9.17, 15) is 0 Å². The van der Waals surface area contributed by atoms with Gasteiger partial charge in [-0.15, -0.1) is 20.4 Å². The van der Waals surface area contributed by atoms with Gasteiger partial charge in [-0.1, -0.05) is 13.8 Å². The molecule has 1 fully saturated rings. The normalized spacial score (nSPS) is 14.4. The first-order chi connectivity index (χ1) is 12.6. The second-order valence-electron chi connectivity index (χ2n) is 5.90. The van der Waals surface area contributed by atoms with Gasteiger partial charge in [0.25, 0.3) is 11.9 Å². The molecule has 0 aliphatic carbocycles. The summed E-state index contributed by atoms with van der Waals surface area (Å²) in [6, 6.07) is 0. The van der Waals surface area contributed by atoms with E-state index >= 15 is 0 Å². The van der Waals surface area contributed by atoms with Gasteiger partial charge in [0.05, 0.1) is 13.2 Å². The lowest BCUT2D eigenvalue weighted by Gasteiger charge is -2.25. The highest BCUT2D eigenvalue weighted by atomic mass is 35.5. The molecule has 0 saturated carbocycles. The molecule has 0 atom stereocenters. The number of halogens is 1. The van der Waals surface area contributed by atoms with Gasteiger partial charge in [-0.05, 0) is 17.5 Å².